The lowest BCUT2D eigenvalue weighted by Gasteiger charge is -2.23. The number of anilines is 3. The minimum atomic E-state index is -4.44. The van der Waals surface area contributed by atoms with Gasteiger partial charge >= 0.3 is 0 Å². The molecule has 10 heteroatoms. The molecule has 1 aliphatic rings. The van der Waals surface area contributed by atoms with E-state index in [2.05, 4.69) is 5.32 Å². The van der Waals surface area contributed by atoms with Crippen LogP contribution in [0.15, 0.2) is 64.4 Å². The second-order valence-corrected chi connectivity index (χ2v) is 8.55. The Kier molecular flexibility index (Phi) is 4.86. The summed E-state index contributed by atoms with van der Waals surface area (Å²) in [5.41, 5.74) is 6.86. The van der Waals surface area contributed by atoms with Crippen molar-refractivity contribution in [1.82, 2.24) is 0 Å². The van der Waals surface area contributed by atoms with E-state index >= 15 is 0 Å². The molecular weight excluding hydrogens is 428 g/mol. The van der Waals surface area contributed by atoms with E-state index in [0.29, 0.717) is 12.0 Å². The first-order valence-corrected chi connectivity index (χ1v) is 10.7. The maximum absolute atomic E-state index is 13.2. The number of fused-ring (bicyclic) bond motifs is 2. The Morgan fingerprint density at radius 1 is 0.900 bits per heavy atom. The van der Waals surface area contributed by atoms with Crippen molar-refractivity contribution in [3.05, 3.63) is 76.9 Å². The summed E-state index contributed by atoms with van der Waals surface area (Å²) in [6, 6.07) is 13.0. The first-order chi connectivity index (χ1) is 14.2. The summed E-state index contributed by atoms with van der Waals surface area (Å²) in [4.78, 5) is 26.1. The third kappa shape index (κ3) is 3.25. The molecular formula is C20H14N2O6S2. The van der Waals surface area contributed by atoms with E-state index in [4.69, 9.17) is 5.73 Å². The average molecular weight is 442 g/mol. The van der Waals surface area contributed by atoms with Gasteiger partial charge in [-0.1, -0.05) is 30.3 Å². The smallest absolute Gasteiger partial charge is 0.294 e. The third-order valence-electron chi connectivity index (χ3n) is 4.71. The van der Waals surface area contributed by atoms with Crippen LogP contribution in [-0.4, -0.2) is 29.1 Å². The van der Waals surface area contributed by atoms with Gasteiger partial charge in [0.1, 0.15) is 0 Å². The van der Waals surface area contributed by atoms with Crippen molar-refractivity contribution in [2.75, 3.05) is 11.1 Å². The molecule has 0 spiro atoms. The lowest BCUT2D eigenvalue weighted by Crippen LogP contribution is -2.24. The first kappa shape index (κ1) is 20.1. The number of ketones is 2. The topological polar surface area (TPSA) is 147 Å². The SMILES string of the molecule is Nc1c(SO)cc(Nc2cccc(S(=O)(=O)O)c2)c2c1C(=O)c1ccccc1C2=O. The second kappa shape index (κ2) is 7.26. The fourth-order valence-corrected chi connectivity index (χ4v) is 4.26. The van der Waals surface area contributed by atoms with Crippen molar-refractivity contribution in [2.24, 2.45) is 0 Å². The zero-order valence-electron chi connectivity index (χ0n) is 15.1. The summed E-state index contributed by atoms with van der Waals surface area (Å²) in [6.07, 6.45) is 0. The van der Waals surface area contributed by atoms with Crippen LogP contribution in [0.1, 0.15) is 31.8 Å². The van der Waals surface area contributed by atoms with E-state index in [1.54, 1.807) is 12.1 Å². The molecule has 0 radical (unpaired) electrons. The van der Waals surface area contributed by atoms with Crippen LogP contribution in [0, 0.1) is 0 Å². The Labute approximate surface area is 175 Å². The van der Waals surface area contributed by atoms with Crippen LogP contribution in [0.25, 0.3) is 0 Å². The average Bonchev–Trinajstić information content (AvgIpc) is 2.72. The molecule has 8 nitrogen and oxygen atoms in total. The summed E-state index contributed by atoms with van der Waals surface area (Å²) in [5.74, 6) is -0.891. The van der Waals surface area contributed by atoms with Gasteiger partial charge < -0.3 is 15.6 Å². The van der Waals surface area contributed by atoms with Crippen molar-refractivity contribution in [3.8, 4) is 0 Å². The molecule has 4 rings (SSSR count). The first-order valence-electron chi connectivity index (χ1n) is 8.53. The number of rotatable bonds is 4. The number of nitrogens with one attached hydrogen (secondary N) is 1. The number of hydrogen-bond donors (Lipinski definition) is 4. The Bertz CT molecular complexity index is 1340. The van der Waals surface area contributed by atoms with Crippen LogP contribution in [0.3, 0.4) is 0 Å². The molecule has 1 aliphatic carbocycles. The molecule has 3 aromatic carbocycles. The van der Waals surface area contributed by atoms with Crippen LogP contribution in [0.4, 0.5) is 17.1 Å². The molecule has 0 aromatic heterocycles. The van der Waals surface area contributed by atoms with E-state index in [1.807, 2.05) is 0 Å². The number of benzene rings is 3. The predicted molar refractivity (Wildman–Crippen MR) is 112 cm³/mol. The minimum Gasteiger partial charge on any atom is -0.397 e. The quantitative estimate of drug-likeness (QED) is 0.211. The lowest BCUT2D eigenvalue weighted by molar-refractivity contribution is 0.0980. The van der Waals surface area contributed by atoms with Gasteiger partial charge in [-0.05, 0) is 24.3 Å². The highest BCUT2D eigenvalue weighted by Gasteiger charge is 2.34. The van der Waals surface area contributed by atoms with Crippen LogP contribution < -0.4 is 11.1 Å². The molecule has 5 N–H and O–H groups in total. The van der Waals surface area contributed by atoms with Gasteiger partial charge in [0.15, 0.2) is 11.6 Å². The molecule has 30 heavy (non-hydrogen) atoms. The number of nitrogen functional groups attached to an aromatic ring is 1. The van der Waals surface area contributed by atoms with Crippen LogP contribution in [0.5, 0.6) is 0 Å². The molecule has 0 bridgehead atoms. The molecule has 0 amide bonds. The zero-order valence-corrected chi connectivity index (χ0v) is 16.8. The van der Waals surface area contributed by atoms with Crippen LogP contribution >= 0.6 is 12.0 Å². The second-order valence-electron chi connectivity index (χ2n) is 6.51. The van der Waals surface area contributed by atoms with E-state index in [0.717, 1.165) is 0 Å². The fraction of sp³-hybridized carbons (Fsp3) is 0. The van der Waals surface area contributed by atoms with E-state index < -0.39 is 21.7 Å². The van der Waals surface area contributed by atoms with Crippen LogP contribution in [-0.2, 0) is 10.1 Å². The summed E-state index contributed by atoms with van der Waals surface area (Å²) in [7, 11) is -4.44. The predicted octanol–water partition coefficient (Wildman–Crippen LogP) is 3.60. The summed E-state index contributed by atoms with van der Waals surface area (Å²) in [5, 5.41) is 2.90. The number of carbonyl (C=O) groups excluding carboxylic acids is 2. The van der Waals surface area contributed by atoms with Gasteiger partial charge in [-0.3, -0.25) is 14.1 Å². The van der Waals surface area contributed by atoms with Gasteiger partial charge in [0.05, 0.1) is 32.3 Å². The Balaban J connectivity index is 1.93. The van der Waals surface area contributed by atoms with Crippen molar-refractivity contribution >= 4 is 50.8 Å². The third-order valence-corrected chi connectivity index (χ3v) is 6.09. The van der Waals surface area contributed by atoms with Crippen molar-refractivity contribution in [3.63, 3.8) is 0 Å². The highest BCUT2D eigenvalue weighted by atomic mass is 32.2. The summed E-state index contributed by atoms with van der Waals surface area (Å²) in [6.45, 7) is 0. The monoisotopic (exact) mass is 442 g/mol. The standard InChI is InChI=1S/C20H14N2O6S2/c21-18-15(29-25)9-14(22-10-4-3-5-11(8-10)30(26,27)28)16-17(18)20(24)13-7-2-1-6-12(13)19(16)23/h1-9,22,25H,21H2,(H,26,27,28). The van der Waals surface area contributed by atoms with Crippen LogP contribution in [0.2, 0.25) is 0 Å². The van der Waals surface area contributed by atoms with Gasteiger partial charge in [-0.15, -0.1) is 0 Å². The molecule has 0 saturated carbocycles. The number of carbonyl (C=O) groups is 2. The molecule has 0 saturated heterocycles. The molecule has 0 heterocycles. The summed E-state index contributed by atoms with van der Waals surface area (Å²) >= 11 is 0.321. The number of hydrogen-bond acceptors (Lipinski definition) is 8. The van der Waals surface area contributed by atoms with E-state index in [-0.39, 0.29) is 49.1 Å². The fourth-order valence-electron chi connectivity index (χ4n) is 3.36. The lowest BCUT2D eigenvalue weighted by atomic mass is 9.82. The minimum absolute atomic E-state index is 0.0197. The maximum Gasteiger partial charge on any atom is 0.294 e. The molecule has 0 atom stereocenters. The van der Waals surface area contributed by atoms with Gasteiger partial charge in [-0.2, -0.15) is 8.42 Å². The molecule has 0 aliphatic heterocycles. The highest BCUT2D eigenvalue weighted by molar-refractivity contribution is 7.94. The van der Waals surface area contributed by atoms with Crippen molar-refractivity contribution in [2.45, 2.75) is 9.79 Å². The van der Waals surface area contributed by atoms with Crippen molar-refractivity contribution < 1.29 is 27.1 Å². The van der Waals surface area contributed by atoms with Gasteiger partial charge in [-0.25, -0.2) is 0 Å². The van der Waals surface area contributed by atoms with E-state index in [9.17, 15) is 27.1 Å². The largest absolute Gasteiger partial charge is 0.397 e. The molecule has 3 aromatic rings. The molecule has 0 unspecified atom stereocenters. The maximum atomic E-state index is 13.2. The van der Waals surface area contributed by atoms with Crippen molar-refractivity contribution in [1.29, 1.82) is 0 Å². The normalized spacial score (nSPS) is 13.0. The Hall–Kier alpha value is -3.18. The molecule has 152 valence electrons. The Morgan fingerprint density at radius 3 is 2.13 bits per heavy atom. The summed E-state index contributed by atoms with van der Waals surface area (Å²) < 4.78 is 41.7. The van der Waals surface area contributed by atoms with Gasteiger partial charge in [0.2, 0.25) is 0 Å². The number of nitrogens with two attached hydrogens (primary N) is 1. The Morgan fingerprint density at radius 2 is 1.53 bits per heavy atom. The zero-order chi connectivity index (χ0) is 21.6. The van der Waals surface area contributed by atoms with Gasteiger partial charge in [0, 0.05) is 28.9 Å². The molecule has 0 fully saturated rings. The highest BCUT2D eigenvalue weighted by Crippen LogP contribution is 2.41. The van der Waals surface area contributed by atoms with Gasteiger partial charge in [0.25, 0.3) is 10.1 Å². The van der Waals surface area contributed by atoms with E-state index in [1.165, 1.54) is 42.5 Å².